The van der Waals surface area contributed by atoms with Crippen LogP contribution >= 0.6 is 11.3 Å². The first-order valence-corrected chi connectivity index (χ1v) is 4.91. The quantitative estimate of drug-likeness (QED) is 0.679. The Morgan fingerprint density at radius 2 is 2.46 bits per heavy atom. The fourth-order valence-electron chi connectivity index (χ4n) is 0.901. The summed E-state index contributed by atoms with van der Waals surface area (Å²) in [5.74, 6) is -0.263. The molecular weight excluding hydrogens is 190 g/mol. The molecule has 0 aliphatic carbocycles. The normalized spacial score (nSPS) is 9.92. The van der Waals surface area contributed by atoms with E-state index >= 15 is 0 Å². The minimum absolute atomic E-state index is 0.0377. The summed E-state index contributed by atoms with van der Waals surface area (Å²) in [6.07, 6.45) is 1.93. The van der Waals surface area contributed by atoms with Crippen LogP contribution in [0.5, 0.6) is 0 Å². The molecule has 0 atom stereocenters. The highest BCUT2D eigenvalue weighted by molar-refractivity contribution is 7.07. The van der Waals surface area contributed by atoms with Crippen molar-refractivity contribution in [2.24, 2.45) is 0 Å². The van der Waals surface area contributed by atoms with Gasteiger partial charge in [-0.2, -0.15) is 0 Å². The van der Waals surface area contributed by atoms with E-state index < -0.39 is 0 Å². The molecule has 1 aromatic rings. The molecule has 1 rings (SSSR count). The lowest BCUT2D eigenvalue weighted by molar-refractivity contribution is -0.143. The summed E-state index contributed by atoms with van der Waals surface area (Å²) in [7, 11) is 0. The van der Waals surface area contributed by atoms with Crippen LogP contribution in [0.2, 0.25) is 0 Å². The van der Waals surface area contributed by atoms with E-state index in [0.717, 1.165) is 11.3 Å². The van der Waals surface area contributed by atoms with Crippen LogP contribution in [0, 0.1) is 0 Å². The van der Waals surface area contributed by atoms with Crippen LogP contribution < -0.4 is 4.87 Å². The van der Waals surface area contributed by atoms with Gasteiger partial charge in [-0.1, -0.05) is 11.3 Å². The topological polar surface area (TPSA) is 48.3 Å². The third-order valence-corrected chi connectivity index (χ3v) is 2.20. The summed E-state index contributed by atoms with van der Waals surface area (Å²) in [4.78, 5) is 21.9. The van der Waals surface area contributed by atoms with Gasteiger partial charge in [0.25, 0.3) is 0 Å². The van der Waals surface area contributed by atoms with Crippen molar-refractivity contribution < 1.29 is 9.53 Å². The Morgan fingerprint density at radius 1 is 1.69 bits per heavy atom. The smallest absolute Gasteiger partial charge is 0.307 e. The first-order valence-electron chi connectivity index (χ1n) is 4.03. The van der Waals surface area contributed by atoms with Gasteiger partial charge in [0.15, 0.2) is 0 Å². The first kappa shape index (κ1) is 9.98. The van der Waals surface area contributed by atoms with Crippen LogP contribution in [0.3, 0.4) is 0 Å². The average Bonchev–Trinajstić information content (AvgIpc) is 2.48. The Balaban J connectivity index is 2.39. The highest BCUT2D eigenvalue weighted by atomic mass is 32.1. The van der Waals surface area contributed by atoms with Gasteiger partial charge in [-0.3, -0.25) is 9.59 Å². The van der Waals surface area contributed by atoms with Crippen molar-refractivity contribution in [1.82, 2.24) is 4.57 Å². The van der Waals surface area contributed by atoms with Gasteiger partial charge < -0.3 is 9.30 Å². The van der Waals surface area contributed by atoms with E-state index in [9.17, 15) is 9.59 Å². The molecule has 0 unspecified atom stereocenters. The zero-order chi connectivity index (χ0) is 9.68. The molecule has 0 saturated heterocycles. The molecule has 0 fully saturated rings. The van der Waals surface area contributed by atoms with Crippen LogP contribution in [0.1, 0.15) is 13.3 Å². The number of aryl methyl sites for hydroxylation is 1. The van der Waals surface area contributed by atoms with Crippen LogP contribution in [-0.4, -0.2) is 17.1 Å². The highest BCUT2D eigenvalue weighted by Gasteiger charge is 2.03. The molecule has 0 aliphatic rings. The molecule has 0 aromatic carbocycles. The van der Waals surface area contributed by atoms with Gasteiger partial charge in [0, 0.05) is 18.1 Å². The number of esters is 1. The van der Waals surface area contributed by atoms with Crippen molar-refractivity contribution in [3.63, 3.8) is 0 Å². The van der Waals surface area contributed by atoms with Crippen molar-refractivity contribution in [3.05, 3.63) is 21.2 Å². The summed E-state index contributed by atoms with van der Waals surface area (Å²) in [5, 5.41) is 1.70. The van der Waals surface area contributed by atoms with E-state index in [1.807, 2.05) is 0 Å². The van der Waals surface area contributed by atoms with E-state index in [1.165, 1.54) is 4.57 Å². The second-order valence-electron chi connectivity index (χ2n) is 2.42. The molecule has 0 N–H and O–H groups in total. The van der Waals surface area contributed by atoms with Crippen LogP contribution in [-0.2, 0) is 16.1 Å². The lowest BCUT2D eigenvalue weighted by Crippen LogP contribution is -2.15. The summed E-state index contributed by atoms with van der Waals surface area (Å²) in [6, 6.07) is 0. The molecular formula is C8H11NO3S. The van der Waals surface area contributed by atoms with E-state index in [4.69, 9.17) is 4.74 Å². The van der Waals surface area contributed by atoms with Gasteiger partial charge >= 0.3 is 10.8 Å². The number of rotatable bonds is 4. The van der Waals surface area contributed by atoms with E-state index in [2.05, 4.69) is 0 Å². The van der Waals surface area contributed by atoms with Crippen LogP contribution in [0.4, 0.5) is 0 Å². The number of hydrogen-bond acceptors (Lipinski definition) is 4. The van der Waals surface area contributed by atoms with Crippen molar-refractivity contribution in [3.8, 4) is 0 Å². The molecule has 0 radical (unpaired) electrons. The maximum Gasteiger partial charge on any atom is 0.307 e. The maximum atomic E-state index is 11.0. The summed E-state index contributed by atoms with van der Waals surface area (Å²) in [6.45, 7) is 2.55. The number of aromatic nitrogens is 1. The Bertz CT molecular complexity index is 328. The number of carbonyl (C=O) groups is 1. The number of thiazole rings is 1. The predicted octanol–water partition coefficient (Wildman–Crippen LogP) is 0.863. The Morgan fingerprint density at radius 3 is 3.00 bits per heavy atom. The van der Waals surface area contributed by atoms with Crippen LogP contribution in [0.25, 0.3) is 0 Å². The SMILES string of the molecule is CCOC(=O)CCn1ccsc1=O. The van der Waals surface area contributed by atoms with Gasteiger partial charge in [0.1, 0.15) is 0 Å². The molecule has 13 heavy (non-hydrogen) atoms. The molecule has 0 bridgehead atoms. The van der Waals surface area contributed by atoms with Crippen molar-refractivity contribution in [1.29, 1.82) is 0 Å². The van der Waals surface area contributed by atoms with Crippen molar-refractivity contribution in [2.45, 2.75) is 19.9 Å². The molecule has 1 heterocycles. The Hall–Kier alpha value is -1.10. The molecule has 0 aliphatic heterocycles. The monoisotopic (exact) mass is 201 g/mol. The number of hydrogen-bond donors (Lipinski definition) is 0. The molecule has 1 aromatic heterocycles. The summed E-state index contributed by atoms with van der Waals surface area (Å²) in [5.41, 5.74) is 0. The number of nitrogens with zero attached hydrogens (tertiary/aromatic N) is 1. The zero-order valence-corrected chi connectivity index (χ0v) is 8.17. The summed E-state index contributed by atoms with van der Waals surface area (Å²) >= 11 is 1.12. The van der Waals surface area contributed by atoms with Gasteiger partial charge in [0.2, 0.25) is 0 Å². The highest BCUT2D eigenvalue weighted by Crippen LogP contribution is 1.93. The second-order valence-corrected chi connectivity index (χ2v) is 3.27. The second kappa shape index (κ2) is 4.81. The van der Waals surface area contributed by atoms with Gasteiger partial charge in [0.05, 0.1) is 13.0 Å². The van der Waals surface area contributed by atoms with Gasteiger partial charge in [-0.15, -0.1) is 0 Å². The molecule has 5 heteroatoms. The molecule has 0 amide bonds. The third kappa shape index (κ3) is 3.02. The largest absolute Gasteiger partial charge is 0.466 e. The Kier molecular flexibility index (Phi) is 3.70. The van der Waals surface area contributed by atoms with E-state index in [-0.39, 0.29) is 17.3 Å². The average molecular weight is 201 g/mol. The zero-order valence-electron chi connectivity index (χ0n) is 7.36. The molecule has 72 valence electrons. The Labute approximate surface area is 79.8 Å². The van der Waals surface area contributed by atoms with E-state index in [0.29, 0.717) is 13.2 Å². The lowest BCUT2D eigenvalue weighted by atomic mass is 10.4. The van der Waals surface area contributed by atoms with Gasteiger partial charge in [-0.05, 0) is 6.92 Å². The fourth-order valence-corrected chi connectivity index (χ4v) is 1.51. The maximum absolute atomic E-state index is 11.0. The fraction of sp³-hybridized carbons (Fsp3) is 0.500. The first-order chi connectivity index (χ1) is 6.24. The summed E-state index contributed by atoms with van der Waals surface area (Å²) < 4.78 is 6.23. The molecule has 0 spiro atoms. The number of ether oxygens (including phenoxy) is 1. The van der Waals surface area contributed by atoms with E-state index in [1.54, 1.807) is 18.5 Å². The molecule has 0 saturated carbocycles. The van der Waals surface area contributed by atoms with Crippen molar-refractivity contribution in [2.75, 3.05) is 6.61 Å². The minimum atomic E-state index is -0.263. The number of carbonyl (C=O) groups excluding carboxylic acids is 1. The minimum Gasteiger partial charge on any atom is -0.466 e. The predicted molar refractivity (Wildman–Crippen MR) is 49.8 cm³/mol. The third-order valence-electron chi connectivity index (χ3n) is 1.51. The van der Waals surface area contributed by atoms with Gasteiger partial charge in [-0.25, -0.2) is 0 Å². The molecule has 4 nitrogen and oxygen atoms in total. The van der Waals surface area contributed by atoms with Crippen molar-refractivity contribution >= 4 is 17.3 Å². The standard InChI is InChI=1S/C8H11NO3S/c1-2-12-7(10)3-4-9-5-6-13-8(9)11/h5-6H,2-4H2,1H3. The van der Waals surface area contributed by atoms with Crippen LogP contribution in [0.15, 0.2) is 16.4 Å². The lowest BCUT2D eigenvalue weighted by Gasteiger charge is -2.01.